The SMILES string of the molecule is CCCn1cc(C(N)c2ccnc(C)c2)cn1. The van der Waals surface area contributed by atoms with Gasteiger partial charge in [0.2, 0.25) is 0 Å². The first-order valence-corrected chi connectivity index (χ1v) is 5.91. The van der Waals surface area contributed by atoms with Crippen LogP contribution < -0.4 is 5.73 Å². The highest BCUT2D eigenvalue weighted by atomic mass is 15.3. The van der Waals surface area contributed by atoms with Crippen molar-refractivity contribution in [2.75, 3.05) is 0 Å². The molecule has 2 heterocycles. The van der Waals surface area contributed by atoms with E-state index in [9.17, 15) is 0 Å². The molecule has 2 aromatic heterocycles. The Hall–Kier alpha value is -1.68. The minimum Gasteiger partial charge on any atom is -0.320 e. The van der Waals surface area contributed by atoms with Crippen LogP contribution in [0.2, 0.25) is 0 Å². The molecule has 0 bridgehead atoms. The average Bonchev–Trinajstić information content (AvgIpc) is 2.77. The van der Waals surface area contributed by atoms with E-state index in [-0.39, 0.29) is 6.04 Å². The van der Waals surface area contributed by atoms with E-state index in [0.717, 1.165) is 29.8 Å². The molecule has 0 saturated carbocycles. The first-order valence-electron chi connectivity index (χ1n) is 5.91. The summed E-state index contributed by atoms with van der Waals surface area (Å²) < 4.78 is 1.93. The third kappa shape index (κ3) is 2.71. The summed E-state index contributed by atoms with van der Waals surface area (Å²) in [4.78, 5) is 4.17. The number of aryl methyl sites for hydroxylation is 2. The highest BCUT2D eigenvalue weighted by Crippen LogP contribution is 2.18. The van der Waals surface area contributed by atoms with Crippen LogP contribution in [0.4, 0.5) is 0 Å². The molecule has 1 unspecified atom stereocenters. The van der Waals surface area contributed by atoms with Crippen LogP contribution in [0.25, 0.3) is 0 Å². The van der Waals surface area contributed by atoms with E-state index >= 15 is 0 Å². The van der Waals surface area contributed by atoms with Gasteiger partial charge in [0, 0.05) is 30.2 Å². The molecule has 0 amide bonds. The van der Waals surface area contributed by atoms with Crippen LogP contribution in [0.5, 0.6) is 0 Å². The van der Waals surface area contributed by atoms with Crippen LogP contribution in [0, 0.1) is 6.92 Å². The normalized spacial score (nSPS) is 12.6. The molecule has 0 aromatic carbocycles. The molecule has 0 aliphatic rings. The Morgan fingerprint density at radius 3 is 2.94 bits per heavy atom. The van der Waals surface area contributed by atoms with Gasteiger partial charge in [0.05, 0.1) is 12.2 Å². The maximum absolute atomic E-state index is 6.21. The largest absolute Gasteiger partial charge is 0.320 e. The van der Waals surface area contributed by atoms with E-state index < -0.39 is 0 Å². The Kier molecular flexibility index (Phi) is 3.54. The molecule has 0 aliphatic heterocycles. The van der Waals surface area contributed by atoms with Gasteiger partial charge < -0.3 is 5.73 Å². The number of hydrogen-bond acceptors (Lipinski definition) is 3. The molecule has 0 aliphatic carbocycles. The molecule has 17 heavy (non-hydrogen) atoms. The quantitative estimate of drug-likeness (QED) is 0.874. The zero-order valence-corrected chi connectivity index (χ0v) is 10.3. The van der Waals surface area contributed by atoms with Crippen molar-refractivity contribution in [3.05, 3.63) is 47.5 Å². The van der Waals surface area contributed by atoms with Crippen molar-refractivity contribution in [3.8, 4) is 0 Å². The van der Waals surface area contributed by atoms with Gasteiger partial charge in [0.15, 0.2) is 0 Å². The van der Waals surface area contributed by atoms with Crippen LogP contribution in [-0.4, -0.2) is 14.8 Å². The third-order valence-corrected chi connectivity index (χ3v) is 2.74. The van der Waals surface area contributed by atoms with Gasteiger partial charge in [-0.2, -0.15) is 5.10 Å². The Morgan fingerprint density at radius 1 is 1.41 bits per heavy atom. The van der Waals surface area contributed by atoms with E-state index in [0.29, 0.717) is 0 Å². The smallest absolute Gasteiger partial charge is 0.0584 e. The van der Waals surface area contributed by atoms with Gasteiger partial charge in [-0.15, -0.1) is 0 Å². The van der Waals surface area contributed by atoms with Crippen molar-refractivity contribution in [1.29, 1.82) is 0 Å². The number of nitrogens with two attached hydrogens (primary N) is 1. The maximum Gasteiger partial charge on any atom is 0.0584 e. The second-order valence-electron chi connectivity index (χ2n) is 4.24. The number of pyridine rings is 1. The van der Waals surface area contributed by atoms with Crippen molar-refractivity contribution >= 4 is 0 Å². The Labute approximate surface area is 101 Å². The van der Waals surface area contributed by atoms with E-state index in [1.807, 2.05) is 36.1 Å². The van der Waals surface area contributed by atoms with Crippen molar-refractivity contribution in [2.24, 2.45) is 5.73 Å². The van der Waals surface area contributed by atoms with Gasteiger partial charge in [-0.05, 0) is 31.0 Å². The second kappa shape index (κ2) is 5.10. The lowest BCUT2D eigenvalue weighted by molar-refractivity contribution is 0.602. The van der Waals surface area contributed by atoms with Crippen LogP contribution >= 0.6 is 0 Å². The van der Waals surface area contributed by atoms with Crippen molar-refractivity contribution in [2.45, 2.75) is 32.9 Å². The van der Waals surface area contributed by atoms with E-state index in [4.69, 9.17) is 5.73 Å². The molecule has 2 N–H and O–H groups in total. The fourth-order valence-electron chi connectivity index (χ4n) is 1.84. The Balaban J connectivity index is 2.21. The highest BCUT2D eigenvalue weighted by Gasteiger charge is 2.11. The number of rotatable bonds is 4. The van der Waals surface area contributed by atoms with E-state index in [1.165, 1.54) is 0 Å². The first-order chi connectivity index (χ1) is 8.20. The van der Waals surface area contributed by atoms with Gasteiger partial charge in [-0.25, -0.2) is 0 Å². The van der Waals surface area contributed by atoms with Gasteiger partial charge in [-0.3, -0.25) is 9.67 Å². The summed E-state index contributed by atoms with van der Waals surface area (Å²) in [7, 11) is 0. The first kappa shape index (κ1) is 11.8. The van der Waals surface area contributed by atoms with Gasteiger partial charge in [0.25, 0.3) is 0 Å². The highest BCUT2D eigenvalue weighted by molar-refractivity contribution is 5.28. The summed E-state index contributed by atoms with van der Waals surface area (Å²) in [5, 5.41) is 4.30. The second-order valence-corrected chi connectivity index (χ2v) is 4.24. The summed E-state index contributed by atoms with van der Waals surface area (Å²) in [5.41, 5.74) is 9.32. The molecule has 2 rings (SSSR count). The fraction of sp³-hybridized carbons (Fsp3) is 0.385. The van der Waals surface area contributed by atoms with Crippen molar-refractivity contribution in [3.63, 3.8) is 0 Å². The lowest BCUT2D eigenvalue weighted by Gasteiger charge is -2.09. The minimum atomic E-state index is -0.123. The molecule has 0 spiro atoms. The molecule has 90 valence electrons. The molecular weight excluding hydrogens is 212 g/mol. The number of aromatic nitrogens is 3. The maximum atomic E-state index is 6.21. The standard InChI is InChI=1S/C13H18N4/c1-3-6-17-9-12(8-16-17)13(14)11-4-5-15-10(2)7-11/h4-5,7-9,13H,3,6,14H2,1-2H3. The minimum absolute atomic E-state index is 0.123. The van der Waals surface area contributed by atoms with E-state index in [1.54, 1.807) is 6.20 Å². The molecule has 1 atom stereocenters. The zero-order chi connectivity index (χ0) is 12.3. The topological polar surface area (TPSA) is 56.7 Å². The molecule has 4 nitrogen and oxygen atoms in total. The lowest BCUT2D eigenvalue weighted by atomic mass is 10.0. The predicted octanol–water partition coefficient (Wildman–Crippen LogP) is 2.04. The zero-order valence-electron chi connectivity index (χ0n) is 10.3. The summed E-state index contributed by atoms with van der Waals surface area (Å²) in [6.07, 6.45) is 6.73. The van der Waals surface area contributed by atoms with E-state index in [2.05, 4.69) is 17.0 Å². The van der Waals surface area contributed by atoms with Gasteiger partial charge in [-0.1, -0.05) is 6.92 Å². The molecule has 4 heteroatoms. The fourth-order valence-corrected chi connectivity index (χ4v) is 1.84. The predicted molar refractivity (Wildman–Crippen MR) is 67.5 cm³/mol. The summed E-state index contributed by atoms with van der Waals surface area (Å²) >= 11 is 0. The Bertz CT molecular complexity index is 490. The van der Waals surface area contributed by atoms with Crippen molar-refractivity contribution < 1.29 is 0 Å². The summed E-state index contributed by atoms with van der Waals surface area (Å²) in [6, 6.07) is 3.85. The summed E-state index contributed by atoms with van der Waals surface area (Å²) in [6.45, 7) is 5.03. The molecular formula is C13H18N4. The van der Waals surface area contributed by atoms with Gasteiger partial charge >= 0.3 is 0 Å². The van der Waals surface area contributed by atoms with Crippen LogP contribution in [0.1, 0.15) is 36.2 Å². The van der Waals surface area contributed by atoms with Gasteiger partial charge in [0.1, 0.15) is 0 Å². The lowest BCUT2D eigenvalue weighted by Crippen LogP contribution is -2.11. The van der Waals surface area contributed by atoms with Crippen LogP contribution in [0.3, 0.4) is 0 Å². The summed E-state index contributed by atoms with van der Waals surface area (Å²) in [5.74, 6) is 0. The van der Waals surface area contributed by atoms with Crippen LogP contribution in [-0.2, 0) is 6.54 Å². The third-order valence-electron chi connectivity index (χ3n) is 2.74. The number of hydrogen-bond donors (Lipinski definition) is 1. The monoisotopic (exact) mass is 230 g/mol. The van der Waals surface area contributed by atoms with Crippen molar-refractivity contribution in [1.82, 2.24) is 14.8 Å². The molecule has 0 radical (unpaired) electrons. The van der Waals surface area contributed by atoms with Crippen LogP contribution in [0.15, 0.2) is 30.7 Å². The number of nitrogens with zero attached hydrogens (tertiary/aromatic N) is 3. The Morgan fingerprint density at radius 2 is 2.24 bits per heavy atom. The molecule has 0 saturated heterocycles. The average molecular weight is 230 g/mol. The molecule has 2 aromatic rings. The molecule has 0 fully saturated rings.